The van der Waals surface area contributed by atoms with Crippen molar-refractivity contribution in [2.75, 3.05) is 56.6 Å². The third-order valence-corrected chi connectivity index (χ3v) is 12.9. The van der Waals surface area contributed by atoms with E-state index in [2.05, 4.69) is 16.0 Å². The van der Waals surface area contributed by atoms with Crippen LogP contribution in [-0.4, -0.2) is 101 Å². The van der Waals surface area contributed by atoms with Crippen LogP contribution in [0.4, 0.5) is 24.0 Å². The Hall–Kier alpha value is -1.77. The number of thiophene rings is 1. The number of benzene rings is 2. The minimum atomic E-state index is -0.958. The van der Waals surface area contributed by atoms with Gasteiger partial charge in [-0.05, 0) is 71.1 Å². The van der Waals surface area contributed by atoms with Gasteiger partial charge < -0.3 is 30.1 Å². The number of rotatable bonds is 9. The molecule has 4 aromatic rings. The molecule has 4 aliphatic rings. The molecule has 0 aliphatic carbocycles. The number of fused-ring (bicyclic) bond motifs is 2. The van der Waals surface area contributed by atoms with E-state index in [0.29, 0.717) is 70.5 Å². The fourth-order valence-electron chi connectivity index (χ4n) is 8.46. The van der Waals surface area contributed by atoms with Crippen LogP contribution in [-0.2, 0) is 4.79 Å². The predicted molar refractivity (Wildman–Crippen MR) is 203 cm³/mol. The van der Waals surface area contributed by atoms with E-state index in [4.69, 9.17) is 20.2 Å². The van der Waals surface area contributed by atoms with Crippen molar-refractivity contribution in [1.82, 2.24) is 19.8 Å². The second-order valence-electron chi connectivity index (χ2n) is 15.2. The maximum absolute atomic E-state index is 17.3. The number of nitrogens with two attached hydrogens (primary N) is 1. The van der Waals surface area contributed by atoms with Gasteiger partial charge in [0.2, 0.25) is 5.91 Å². The smallest absolute Gasteiger partial charge is 0.319 e. The van der Waals surface area contributed by atoms with E-state index >= 15 is 4.39 Å². The molecule has 4 atom stereocenters. The zero-order chi connectivity index (χ0) is 36.6. The first-order valence-corrected chi connectivity index (χ1v) is 19.7. The molecule has 0 bridgehead atoms. The number of alkyl halides is 1. The Morgan fingerprint density at radius 3 is 2.75 bits per heavy atom. The fraction of sp³-hybridized carbons (Fsp3) is 0.541. The van der Waals surface area contributed by atoms with Gasteiger partial charge in [0.15, 0.2) is 0 Å². The van der Waals surface area contributed by atoms with Gasteiger partial charge in [-0.25, -0.2) is 13.2 Å². The molecule has 282 valence electrons. The molecule has 2 unspecified atom stereocenters. The van der Waals surface area contributed by atoms with Crippen LogP contribution >= 0.6 is 33.9 Å². The summed E-state index contributed by atoms with van der Waals surface area (Å²) in [5.41, 5.74) is 6.03. The molecule has 4 aliphatic heterocycles. The number of aromatic nitrogens is 2. The van der Waals surface area contributed by atoms with Gasteiger partial charge in [0, 0.05) is 91.7 Å². The van der Waals surface area contributed by atoms with Crippen molar-refractivity contribution in [3.05, 3.63) is 33.4 Å². The molecule has 0 saturated carbocycles. The molecule has 8 rings (SSSR count). The number of anilines is 2. The minimum Gasteiger partial charge on any atom is -0.489 e. The number of hydrogen-bond donors (Lipinski definition) is 2. The Labute approximate surface area is 357 Å². The SMILES string of the molecule is CC(C)CC(=O)N1CC(CN2c3nc(OC[C@@]45CCCN4C[C@H](F)C5)nc4c(F)c(-c5ccc(F)c6sc(N)[c-]c56)c(I)c(c34)OCC2C(C)O)C1.[Ce]. The first-order valence-electron chi connectivity index (χ1n) is 17.8. The third-order valence-electron chi connectivity index (χ3n) is 11.0. The number of aliphatic hydroxyl groups excluding tert-OH is 1. The second kappa shape index (κ2) is 15.3. The number of halogens is 4. The zero-order valence-corrected chi connectivity index (χ0v) is 35.8. The summed E-state index contributed by atoms with van der Waals surface area (Å²) in [5.74, 6) is -0.0649. The second-order valence-corrected chi connectivity index (χ2v) is 17.3. The first-order chi connectivity index (χ1) is 24.8. The van der Waals surface area contributed by atoms with Crippen molar-refractivity contribution in [2.24, 2.45) is 11.8 Å². The summed E-state index contributed by atoms with van der Waals surface area (Å²) in [5, 5.41) is 12.1. The number of hydrogen-bond acceptors (Lipinski definition) is 10. The maximum Gasteiger partial charge on any atom is 0.319 e. The molecular formula is C37H41CeF3IN6O4S-. The fourth-order valence-corrected chi connectivity index (χ4v) is 10.2. The van der Waals surface area contributed by atoms with Gasteiger partial charge in [0.25, 0.3) is 0 Å². The third kappa shape index (κ3) is 7.10. The van der Waals surface area contributed by atoms with Crippen LogP contribution < -0.4 is 20.1 Å². The molecule has 2 aromatic heterocycles. The van der Waals surface area contributed by atoms with Crippen LogP contribution in [0.1, 0.15) is 46.5 Å². The van der Waals surface area contributed by atoms with Gasteiger partial charge in [0.1, 0.15) is 42.3 Å². The number of ether oxygens (including phenoxy) is 2. The minimum absolute atomic E-state index is 0. The molecule has 53 heavy (non-hydrogen) atoms. The monoisotopic (exact) mass is 989 g/mol. The molecule has 3 N–H and O–H groups in total. The van der Waals surface area contributed by atoms with Gasteiger partial charge in [-0.2, -0.15) is 26.7 Å². The first kappa shape index (κ1) is 39.5. The van der Waals surface area contributed by atoms with E-state index in [9.17, 15) is 18.7 Å². The van der Waals surface area contributed by atoms with E-state index < -0.39 is 35.5 Å². The number of carbonyl (C=O) groups excluding carboxylic acids is 1. The number of nitrogens with zero attached hydrogens (tertiary/aromatic N) is 5. The largest absolute Gasteiger partial charge is 0.489 e. The van der Waals surface area contributed by atoms with Crippen LogP contribution in [0.25, 0.3) is 32.1 Å². The molecular weight excluding hydrogens is 949 g/mol. The molecule has 0 spiro atoms. The van der Waals surface area contributed by atoms with Crippen LogP contribution in [0.5, 0.6) is 11.8 Å². The number of amides is 1. The van der Waals surface area contributed by atoms with Crippen molar-refractivity contribution in [2.45, 2.75) is 70.3 Å². The number of aliphatic hydroxyl groups is 1. The van der Waals surface area contributed by atoms with Gasteiger partial charge in [-0.1, -0.05) is 13.8 Å². The van der Waals surface area contributed by atoms with E-state index in [1.54, 1.807) is 6.92 Å². The van der Waals surface area contributed by atoms with E-state index in [1.165, 1.54) is 12.1 Å². The Kier molecular flexibility index (Phi) is 11.4. The van der Waals surface area contributed by atoms with Gasteiger partial charge in [-0.15, -0.1) is 17.7 Å². The predicted octanol–water partition coefficient (Wildman–Crippen LogP) is 6.18. The number of nitrogen functional groups attached to an aromatic ring is 1. The Bertz CT molecular complexity index is 2070. The maximum atomic E-state index is 17.3. The van der Waals surface area contributed by atoms with Crippen molar-refractivity contribution >= 4 is 71.6 Å². The summed E-state index contributed by atoms with van der Waals surface area (Å²) in [6.07, 6.45) is 0.671. The van der Waals surface area contributed by atoms with Crippen LogP contribution in [0.15, 0.2) is 12.1 Å². The topological polar surface area (TPSA) is 117 Å². The Morgan fingerprint density at radius 1 is 1.25 bits per heavy atom. The average molecular weight is 990 g/mol. The van der Waals surface area contributed by atoms with Crippen molar-refractivity contribution in [3.8, 4) is 22.9 Å². The molecule has 10 nitrogen and oxygen atoms in total. The summed E-state index contributed by atoms with van der Waals surface area (Å²) in [4.78, 5) is 28.3. The van der Waals surface area contributed by atoms with Crippen LogP contribution in [0, 0.1) is 74.9 Å². The van der Waals surface area contributed by atoms with Gasteiger partial charge in [-0.3, -0.25) is 9.69 Å². The summed E-state index contributed by atoms with van der Waals surface area (Å²) in [7, 11) is 0. The van der Waals surface area contributed by atoms with Crippen molar-refractivity contribution in [3.63, 3.8) is 0 Å². The summed E-state index contributed by atoms with van der Waals surface area (Å²) < 4.78 is 60.4. The Balaban J connectivity index is 0.00000435. The standard InChI is InChI=1S/C37H41F3IN6O4S.Ce/c1-18(2)9-27(49)45-12-20(13-45)14-47-25(19(3)48)16-50-33-29-32(30(40)28(31(33)41)22-5-6-24(39)34-23(22)10-26(42)52-34)43-36(44-35(29)47)51-17-37-7-4-8-46(37)15-21(38)11-37;/h5-6,18-21,25,48H,4,7-9,11-17,42H2,1-3H3;/q-1;/t19?,21-,25?,37+;/m1./s1. The van der Waals surface area contributed by atoms with Crippen molar-refractivity contribution < 1.29 is 74.3 Å². The molecule has 1 amide bonds. The molecule has 2 aromatic carbocycles. The van der Waals surface area contributed by atoms with E-state index in [0.717, 1.165) is 30.7 Å². The van der Waals surface area contributed by atoms with Crippen LogP contribution in [0.2, 0.25) is 0 Å². The summed E-state index contributed by atoms with van der Waals surface area (Å²) in [6, 6.07) is 5.13. The van der Waals surface area contributed by atoms with Gasteiger partial charge in [0.05, 0.1) is 32.5 Å². The number of carbonyl (C=O) groups is 1. The van der Waals surface area contributed by atoms with Gasteiger partial charge >= 0.3 is 6.01 Å². The summed E-state index contributed by atoms with van der Waals surface area (Å²) in [6.45, 7) is 8.54. The van der Waals surface area contributed by atoms with Crippen molar-refractivity contribution in [1.29, 1.82) is 0 Å². The quantitative estimate of drug-likeness (QED) is 0.150. The van der Waals surface area contributed by atoms with Crippen LogP contribution in [0.3, 0.4) is 0 Å². The molecule has 6 heterocycles. The van der Waals surface area contributed by atoms with E-state index in [-0.39, 0.29) is 99.5 Å². The number of likely N-dealkylation sites (tertiary alicyclic amines) is 1. The van der Waals surface area contributed by atoms with E-state index in [1.807, 2.05) is 46.2 Å². The summed E-state index contributed by atoms with van der Waals surface area (Å²) >= 11 is 3.08. The molecule has 0 radical (unpaired) electrons. The molecule has 3 saturated heterocycles. The normalized spacial score (nSPS) is 23.6. The average Bonchev–Trinajstić information content (AvgIpc) is 3.70. The zero-order valence-electron chi connectivity index (χ0n) is 29.7. The molecule has 3 fully saturated rings. The molecule has 16 heteroatoms. The Morgan fingerprint density at radius 2 is 2.02 bits per heavy atom.